The predicted octanol–water partition coefficient (Wildman–Crippen LogP) is 2.94. The highest BCUT2D eigenvalue weighted by molar-refractivity contribution is 5.17. The van der Waals surface area contributed by atoms with E-state index in [1.807, 2.05) is 24.4 Å². The summed E-state index contributed by atoms with van der Waals surface area (Å²) >= 11 is 0. The summed E-state index contributed by atoms with van der Waals surface area (Å²) in [5.41, 5.74) is 2.20. The molecular weight excluding hydrogens is 250 g/mol. The molecule has 0 aliphatic heterocycles. The molecule has 0 fully saturated rings. The van der Waals surface area contributed by atoms with Crippen LogP contribution in [0.2, 0.25) is 0 Å². The molecular formula is C16H21N3O. The van der Waals surface area contributed by atoms with E-state index in [9.17, 15) is 0 Å². The van der Waals surface area contributed by atoms with Gasteiger partial charge in [-0.05, 0) is 44.5 Å². The van der Waals surface area contributed by atoms with Crippen LogP contribution >= 0.6 is 0 Å². The van der Waals surface area contributed by atoms with Crippen LogP contribution in [0.15, 0.2) is 42.9 Å². The van der Waals surface area contributed by atoms with Gasteiger partial charge < -0.3 is 10.1 Å². The minimum absolute atomic E-state index is 0.113. The van der Waals surface area contributed by atoms with E-state index in [-0.39, 0.29) is 5.54 Å². The Morgan fingerprint density at radius 3 is 2.60 bits per heavy atom. The van der Waals surface area contributed by atoms with Crippen LogP contribution in [0, 0.1) is 0 Å². The number of aromatic nitrogens is 2. The molecule has 106 valence electrons. The van der Waals surface area contributed by atoms with E-state index in [1.54, 1.807) is 12.4 Å². The van der Waals surface area contributed by atoms with Gasteiger partial charge in [-0.3, -0.25) is 9.97 Å². The summed E-state index contributed by atoms with van der Waals surface area (Å²) in [6, 6.07) is 7.81. The van der Waals surface area contributed by atoms with E-state index in [2.05, 4.69) is 42.1 Å². The van der Waals surface area contributed by atoms with Crippen LogP contribution in [0.1, 0.15) is 32.0 Å². The Kier molecular flexibility index (Phi) is 4.69. The molecule has 4 heteroatoms. The van der Waals surface area contributed by atoms with Crippen molar-refractivity contribution in [3.8, 4) is 5.75 Å². The number of ether oxygens (including phenoxy) is 1. The van der Waals surface area contributed by atoms with Crippen molar-refractivity contribution in [3.63, 3.8) is 0 Å². The fourth-order valence-electron chi connectivity index (χ4n) is 1.60. The summed E-state index contributed by atoms with van der Waals surface area (Å²) in [5.74, 6) is 0.757. The Hall–Kier alpha value is -1.94. The first-order valence-corrected chi connectivity index (χ1v) is 6.75. The molecule has 2 aromatic heterocycles. The summed E-state index contributed by atoms with van der Waals surface area (Å²) < 4.78 is 5.61. The van der Waals surface area contributed by atoms with Gasteiger partial charge >= 0.3 is 0 Å². The maximum Gasteiger partial charge on any atom is 0.138 e. The molecule has 20 heavy (non-hydrogen) atoms. The number of hydrogen-bond donors (Lipinski definition) is 1. The lowest BCUT2D eigenvalue weighted by Gasteiger charge is -2.20. The first-order valence-electron chi connectivity index (χ1n) is 6.75. The molecule has 2 rings (SSSR count). The Morgan fingerprint density at radius 1 is 1.15 bits per heavy atom. The van der Waals surface area contributed by atoms with Crippen LogP contribution in [0.4, 0.5) is 0 Å². The minimum atomic E-state index is 0.113. The number of pyridine rings is 2. The molecule has 0 saturated carbocycles. The lowest BCUT2D eigenvalue weighted by Crippen LogP contribution is -2.35. The van der Waals surface area contributed by atoms with E-state index in [4.69, 9.17) is 4.74 Å². The van der Waals surface area contributed by atoms with Gasteiger partial charge in [0.1, 0.15) is 12.4 Å². The zero-order valence-electron chi connectivity index (χ0n) is 12.3. The van der Waals surface area contributed by atoms with E-state index in [0.29, 0.717) is 6.61 Å². The largest absolute Gasteiger partial charge is 0.486 e. The highest BCUT2D eigenvalue weighted by atomic mass is 16.5. The van der Waals surface area contributed by atoms with Gasteiger partial charge in [-0.1, -0.05) is 6.07 Å². The van der Waals surface area contributed by atoms with E-state index >= 15 is 0 Å². The minimum Gasteiger partial charge on any atom is -0.486 e. The standard InChI is InChI=1S/C16H21N3O/c1-16(2,3)19-10-13-6-7-14(18-9-13)12-20-15-5-4-8-17-11-15/h4-9,11,19H,10,12H2,1-3H3. The molecule has 1 N–H and O–H groups in total. The number of rotatable bonds is 5. The highest BCUT2D eigenvalue weighted by Gasteiger charge is 2.08. The molecule has 0 bridgehead atoms. The van der Waals surface area contributed by atoms with Gasteiger partial charge in [0.05, 0.1) is 11.9 Å². The number of hydrogen-bond acceptors (Lipinski definition) is 4. The molecule has 0 atom stereocenters. The first-order chi connectivity index (χ1) is 9.53. The molecule has 0 saturated heterocycles. The topological polar surface area (TPSA) is 47.0 Å². The lowest BCUT2D eigenvalue weighted by molar-refractivity contribution is 0.300. The summed E-state index contributed by atoms with van der Waals surface area (Å²) in [7, 11) is 0. The van der Waals surface area contributed by atoms with Crippen molar-refractivity contribution >= 4 is 0 Å². The van der Waals surface area contributed by atoms with E-state index < -0.39 is 0 Å². The van der Waals surface area contributed by atoms with Crippen molar-refractivity contribution in [2.75, 3.05) is 0 Å². The molecule has 4 nitrogen and oxygen atoms in total. The summed E-state index contributed by atoms with van der Waals surface area (Å²) in [5, 5.41) is 3.44. The third kappa shape index (κ3) is 4.97. The van der Waals surface area contributed by atoms with Gasteiger partial charge in [0.25, 0.3) is 0 Å². The highest BCUT2D eigenvalue weighted by Crippen LogP contribution is 2.10. The molecule has 0 aromatic carbocycles. The van der Waals surface area contributed by atoms with Crippen LogP contribution < -0.4 is 10.1 Å². The number of nitrogens with zero attached hydrogens (tertiary/aromatic N) is 2. The van der Waals surface area contributed by atoms with Gasteiger partial charge in [0.2, 0.25) is 0 Å². The second-order valence-corrected chi connectivity index (χ2v) is 5.74. The third-order valence-electron chi connectivity index (χ3n) is 2.73. The maximum absolute atomic E-state index is 5.61. The van der Waals surface area contributed by atoms with Crippen LogP contribution in [0.3, 0.4) is 0 Å². The monoisotopic (exact) mass is 271 g/mol. The molecule has 2 heterocycles. The van der Waals surface area contributed by atoms with E-state index in [1.165, 1.54) is 5.56 Å². The maximum atomic E-state index is 5.61. The van der Waals surface area contributed by atoms with Crippen molar-refractivity contribution in [2.24, 2.45) is 0 Å². The van der Waals surface area contributed by atoms with Crippen LogP contribution in [0.25, 0.3) is 0 Å². The molecule has 0 radical (unpaired) electrons. The van der Waals surface area contributed by atoms with E-state index in [0.717, 1.165) is 18.0 Å². The lowest BCUT2D eigenvalue weighted by atomic mass is 10.1. The fourth-order valence-corrected chi connectivity index (χ4v) is 1.60. The zero-order valence-corrected chi connectivity index (χ0v) is 12.3. The van der Waals surface area contributed by atoms with Gasteiger partial charge in [-0.25, -0.2) is 0 Å². The van der Waals surface area contributed by atoms with Gasteiger partial charge in [0, 0.05) is 24.5 Å². The van der Waals surface area contributed by atoms with Crippen LogP contribution in [0.5, 0.6) is 5.75 Å². The van der Waals surface area contributed by atoms with Gasteiger partial charge in [-0.2, -0.15) is 0 Å². The second kappa shape index (κ2) is 6.48. The normalized spacial score (nSPS) is 11.3. The quantitative estimate of drug-likeness (QED) is 0.908. The average molecular weight is 271 g/mol. The molecule has 0 aliphatic carbocycles. The van der Waals surface area contributed by atoms with Crippen molar-refractivity contribution in [3.05, 3.63) is 54.1 Å². The Balaban J connectivity index is 1.85. The Labute approximate surface area is 120 Å². The zero-order chi connectivity index (χ0) is 14.4. The number of nitrogens with one attached hydrogen (secondary N) is 1. The van der Waals surface area contributed by atoms with Crippen molar-refractivity contribution < 1.29 is 4.74 Å². The third-order valence-corrected chi connectivity index (χ3v) is 2.73. The Bertz CT molecular complexity index is 518. The first kappa shape index (κ1) is 14.5. The van der Waals surface area contributed by atoms with Crippen molar-refractivity contribution in [1.82, 2.24) is 15.3 Å². The van der Waals surface area contributed by atoms with Gasteiger partial charge in [-0.15, -0.1) is 0 Å². The fraction of sp³-hybridized carbons (Fsp3) is 0.375. The summed E-state index contributed by atoms with van der Waals surface area (Å²) in [4.78, 5) is 8.41. The molecule has 2 aromatic rings. The second-order valence-electron chi connectivity index (χ2n) is 5.74. The predicted molar refractivity (Wildman–Crippen MR) is 79.4 cm³/mol. The molecule has 0 spiro atoms. The summed E-state index contributed by atoms with van der Waals surface area (Å²) in [6.07, 6.45) is 5.31. The SMILES string of the molecule is CC(C)(C)NCc1ccc(COc2cccnc2)nc1. The summed E-state index contributed by atoms with van der Waals surface area (Å²) in [6.45, 7) is 7.72. The van der Waals surface area contributed by atoms with Crippen molar-refractivity contribution in [2.45, 2.75) is 39.5 Å². The molecule has 0 aliphatic rings. The molecule has 0 amide bonds. The van der Waals surface area contributed by atoms with Gasteiger partial charge in [0.15, 0.2) is 0 Å². The van der Waals surface area contributed by atoms with Crippen LogP contribution in [-0.2, 0) is 13.2 Å². The Morgan fingerprint density at radius 2 is 2.00 bits per heavy atom. The van der Waals surface area contributed by atoms with Crippen LogP contribution in [-0.4, -0.2) is 15.5 Å². The average Bonchev–Trinajstić information content (AvgIpc) is 2.44. The smallest absolute Gasteiger partial charge is 0.138 e. The molecule has 0 unspecified atom stereocenters. The van der Waals surface area contributed by atoms with Crippen molar-refractivity contribution in [1.29, 1.82) is 0 Å².